The lowest BCUT2D eigenvalue weighted by atomic mass is 9.45. The van der Waals surface area contributed by atoms with Gasteiger partial charge in [0.2, 0.25) is 0 Å². The Morgan fingerprint density at radius 2 is 1.86 bits per heavy atom. The summed E-state index contributed by atoms with van der Waals surface area (Å²) in [6, 6.07) is 0. The maximum absolute atomic E-state index is 11.2. The van der Waals surface area contributed by atoms with Crippen molar-refractivity contribution in [3.63, 3.8) is 0 Å². The van der Waals surface area contributed by atoms with Gasteiger partial charge in [0.05, 0.1) is 11.7 Å². The predicted octanol–water partition coefficient (Wildman–Crippen LogP) is 4.32. The van der Waals surface area contributed by atoms with Crippen molar-refractivity contribution in [2.24, 2.45) is 22.7 Å². The second kappa shape index (κ2) is 5.81. The zero-order valence-electron chi connectivity index (χ0n) is 15.2. The van der Waals surface area contributed by atoms with E-state index in [1.54, 1.807) is 0 Å². The van der Waals surface area contributed by atoms with Crippen LogP contribution >= 0.6 is 0 Å². The van der Waals surface area contributed by atoms with Crippen LogP contribution in [0, 0.1) is 22.7 Å². The molecule has 0 amide bonds. The molecular formula is C19H34O3. The second-order valence-electron chi connectivity index (χ2n) is 9.00. The van der Waals surface area contributed by atoms with Gasteiger partial charge in [-0.05, 0) is 68.6 Å². The number of carbonyl (C=O) groups excluding carboxylic acids is 1. The fraction of sp³-hybridized carbons (Fsp3) is 0.947. The van der Waals surface area contributed by atoms with Gasteiger partial charge >= 0.3 is 5.97 Å². The number of hydrogen-bond acceptors (Lipinski definition) is 3. The van der Waals surface area contributed by atoms with Crippen molar-refractivity contribution in [2.45, 2.75) is 91.8 Å². The van der Waals surface area contributed by atoms with Gasteiger partial charge in [0.15, 0.2) is 0 Å². The zero-order chi connectivity index (χ0) is 16.8. The minimum Gasteiger partial charge on any atom is -0.463 e. The Morgan fingerprint density at radius 3 is 2.45 bits per heavy atom. The molecule has 0 heterocycles. The zero-order valence-corrected chi connectivity index (χ0v) is 15.2. The molecular weight excluding hydrogens is 276 g/mol. The number of rotatable bonds is 3. The lowest BCUT2D eigenvalue weighted by Crippen LogP contribution is -2.58. The number of ether oxygens (including phenoxy) is 1. The van der Waals surface area contributed by atoms with Gasteiger partial charge in [-0.1, -0.05) is 27.2 Å². The quantitative estimate of drug-likeness (QED) is 0.790. The normalized spacial score (nSPS) is 42.3. The summed E-state index contributed by atoms with van der Waals surface area (Å²) >= 11 is 0. The summed E-state index contributed by atoms with van der Waals surface area (Å²) in [6.07, 6.45) is 6.28. The molecule has 1 N–H and O–H groups in total. The standard InChI is InChI=1S/C19H34O3/c1-13(22-14(2)20)12-16-18(5)10-7-9-17(3,4)15(18)8-11-19(16,6)21/h13,15-16,21H,7-12H2,1-6H3. The van der Waals surface area contributed by atoms with Gasteiger partial charge < -0.3 is 9.84 Å². The molecule has 2 aliphatic carbocycles. The van der Waals surface area contributed by atoms with E-state index in [1.807, 2.05) is 13.8 Å². The predicted molar refractivity (Wildman–Crippen MR) is 88.4 cm³/mol. The molecule has 3 nitrogen and oxygen atoms in total. The van der Waals surface area contributed by atoms with Gasteiger partial charge in [-0.15, -0.1) is 0 Å². The van der Waals surface area contributed by atoms with Gasteiger partial charge in [-0.3, -0.25) is 4.79 Å². The summed E-state index contributed by atoms with van der Waals surface area (Å²) in [6.45, 7) is 12.6. The smallest absolute Gasteiger partial charge is 0.302 e. The van der Waals surface area contributed by atoms with Crippen LogP contribution in [-0.2, 0) is 9.53 Å². The Hall–Kier alpha value is -0.570. The summed E-state index contributed by atoms with van der Waals surface area (Å²) in [7, 11) is 0. The third kappa shape index (κ3) is 3.20. The average molecular weight is 310 g/mol. The first kappa shape index (κ1) is 17.8. The Morgan fingerprint density at radius 1 is 1.23 bits per heavy atom. The van der Waals surface area contributed by atoms with Crippen LogP contribution in [0.4, 0.5) is 0 Å². The van der Waals surface area contributed by atoms with E-state index in [0.717, 1.165) is 19.3 Å². The molecule has 0 aromatic rings. The maximum atomic E-state index is 11.2. The summed E-state index contributed by atoms with van der Waals surface area (Å²) in [5.41, 5.74) is -0.183. The highest BCUT2D eigenvalue weighted by atomic mass is 16.5. The Bertz CT molecular complexity index is 426. The summed E-state index contributed by atoms with van der Waals surface area (Å²) in [5.74, 6) is 0.602. The molecule has 0 aromatic heterocycles. The van der Waals surface area contributed by atoms with E-state index in [4.69, 9.17) is 4.74 Å². The van der Waals surface area contributed by atoms with E-state index < -0.39 is 5.60 Å². The summed E-state index contributed by atoms with van der Waals surface area (Å²) in [5, 5.41) is 11.1. The third-order valence-electron chi connectivity index (χ3n) is 6.70. The molecule has 0 radical (unpaired) electrons. The fourth-order valence-electron chi connectivity index (χ4n) is 5.81. The van der Waals surface area contributed by atoms with Gasteiger partial charge in [-0.2, -0.15) is 0 Å². The maximum Gasteiger partial charge on any atom is 0.302 e. The highest BCUT2D eigenvalue weighted by Crippen LogP contribution is 2.62. The molecule has 5 unspecified atom stereocenters. The molecule has 5 atom stereocenters. The minimum atomic E-state index is -0.660. The van der Waals surface area contributed by atoms with Crippen molar-refractivity contribution in [2.75, 3.05) is 0 Å². The first-order valence-electron chi connectivity index (χ1n) is 8.89. The van der Waals surface area contributed by atoms with Gasteiger partial charge in [0, 0.05) is 6.92 Å². The van der Waals surface area contributed by atoms with E-state index in [1.165, 1.54) is 26.2 Å². The van der Waals surface area contributed by atoms with Gasteiger partial charge in [-0.25, -0.2) is 0 Å². The largest absolute Gasteiger partial charge is 0.463 e. The third-order valence-corrected chi connectivity index (χ3v) is 6.70. The van der Waals surface area contributed by atoms with Crippen molar-refractivity contribution < 1.29 is 14.6 Å². The van der Waals surface area contributed by atoms with Crippen LogP contribution in [0.2, 0.25) is 0 Å². The van der Waals surface area contributed by atoms with Crippen LogP contribution < -0.4 is 0 Å². The molecule has 0 saturated heterocycles. The van der Waals surface area contributed by atoms with Crippen molar-refractivity contribution in [1.29, 1.82) is 0 Å². The van der Waals surface area contributed by atoms with Crippen LogP contribution in [-0.4, -0.2) is 22.8 Å². The number of hydrogen-bond donors (Lipinski definition) is 1. The topological polar surface area (TPSA) is 46.5 Å². The van der Waals surface area contributed by atoms with Gasteiger partial charge in [0.25, 0.3) is 0 Å². The Kier molecular flexibility index (Phi) is 4.70. The number of aliphatic hydroxyl groups is 1. The molecule has 22 heavy (non-hydrogen) atoms. The molecule has 2 saturated carbocycles. The molecule has 2 fully saturated rings. The Balaban J connectivity index is 2.28. The van der Waals surface area contributed by atoms with Crippen LogP contribution in [0.15, 0.2) is 0 Å². The van der Waals surface area contributed by atoms with Crippen LogP contribution in [0.3, 0.4) is 0 Å². The number of esters is 1. The first-order valence-corrected chi connectivity index (χ1v) is 8.89. The molecule has 128 valence electrons. The van der Waals surface area contributed by atoms with Crippen molar-refractivity contribution >= 4 is 5.97 Å². The lowest BCUT2D eigenvalue weighted by molar-refractivity contribution is -0.181. The SMILES string of the molecule is CC(=O)OC(C)CC1C(C)(O)CCC2C(C)(C)CCCC21C. The van der Waals surface area contributed by atoms with Crippen LogP contribution in [0.25, 0.3) is 0 Å². The highest BCUT2D eigenvalue weighted by Gasteiger charge is 2.58. The lowest BCUT2D eigenvalue weighted by Gasteiger charge is -2.61. The molecule has 3 heteroatoms. The number of carbonyl (C=O) groups is 1. The van der Waals surface area contributed by atoms with E-state index in [2.05, 4.69) is 20.8 Å². The molecule has 0 bridgehead atoms. The molecule has 0 aromatic carbocycles. The monoisotopic (exact) mass is 310 g/mol. The first-order chi connectivity index (χ1) is 9.99. The van der Waals surface area contributed by atoms with E-state index >= 15 is 0 Å². The van der Waals surface area contributed by atoms with Crippen molar-refractivity contribution in [3.8, 4) is 0 Å². The van der Waals surface area contributed by atoms with Crippen LogP contribution in [0.5, 0.6) is 0 Å². The summed E-state index contributed by atoms with van der Waals surface area (Å²) in [4.78, 5) is 11.2. The molecule has 2 rings (SSSR count). The highest BCUT2D eigenvalue weighted by molar-refractivity contribution is 5.66. The second-order valence-corrected chi connectivity index (χ2v) is 9.00. The Labute approximate surface area is 135 Å². The van der Waals surface area contributed by atoms with E-state index in [-0.39, 0.29) is 23.4 Å². The van der Waals surface area contributed by atoms with E-state index in [0.29, 0.717) is 11.3 Å². The van der Waals surface area contributed by atoms with Crippen molar-refractivity contribution in [3.05, 3.63) is 0 Å². The van der Waals surface area contributed by atoms with Crippen molar-refractivity contribution in [1.82, 2.24) is 0 Å². The fourth-order valence-corrected chi connectivity index (χ4v) is 5.81. The van der Waals surface area contributed by atoms with E-state index in [9.17, 15) is 9.90 Å². The molecule has 0 aliphatic heterocycles. The minimum absolute atomic E-state index is 0.130. The van der Waals surface area contributed by atoms with Crippen LogP contribution in [0.1, 0.15) is 80.1 Å². The molecule has 0 spiro atoms. The van der Waals surface area contributed by atoms with Gasteiger partial charge in [0.1, 0.15) is 0 Å². The average Bonchev–Trinajstić information content (AvgIpc) is 2.31. The molecule has 2 aliphatic rings. The number of fused-ring (bicyclic) bond motifs is 1. The summed E-state index contributed by atoms with van der Waals surface area (Å²) < 4.78 is 5.37.